The molecular weight excluding hydrogens is 161 g/mol. The van der Waals surface area contributed by atoms with Crippen LogP contribution >= 0.6 is 0 Å². The highest BCUT2D eigenvalue weighted by molar-refractivity contribution is 5.44. The third-order valence-corrected chi connectivity index (χ3v) is 1.60. The fourth-order valence-corrected chi connectivity index (χ4v) is 0.998. The van der Waals surface area contributed by atoms with E-state index >= 15 is 0 Å². The average molecular weight is 171 g/mol. The molecule has 0 aliphatic rings. The molecular formula is C8H10FNO2. The molecule has 0 spiro atoms. The first-order valence-corrected chi connectivity index (χ1v) is 3.49. The summed E-state index contributed by atoms with van der Waals surface area (Å²) in [6, 6.07) is 3.19. The Morgan fingerprint density at radius 3 is 2.25 bits per heavy atom. The van der Waals surface area contributed by atoms with Crippen LogP contribution in [0.4, 0.5) is 4.39 Å². The molecule has 0 saturated heterocycles. The summed E-state index contributed by atoms with van der Waals surface area (Å²) in [6.07, 6.45) is 0. The maximum absolute atomic E-state index is 12.1. The first-order valence-electron chi connectivity index (χ1n) is 3.49. The molecule has 0 heterocycles. The number of phenolic OH excluding ortho intramolecular Hbond substituents is 2. The Kier molecular flexibility index (Phi) is 2.50. The lowest BCUT2D eigenvalue weighted by atomic mass is 10.1. The van der Waals surface area contributed by atoms with E-state index in [1.54, 1.807) is 0 Å². The number of aromatic hydroxyl groups is 2. The molecule has 1 unspecified atom stereocenters. The lowest BCUT2D eigenvalue weighted by molar-refractivity contribution is 0.392. The lowest BCUT2D eigenvalue weighted by Crippen LogP contribution is -2.12. The van der Waals surface area contributed by atoms with Gasteiger partial charge in [0, 0.05) is 0 Å². The number of benzene rings is 1. The van der Waals surface area contributed by atoms with Gasteiger partial charge in [-0.05, 0) is 12.1 Å². The monoisotopic (exact) mass is 171 g/mol. The van der Waals surface area contributed by atoms with E-state index in [9.17, 15) is 14.6 Å². The van der Waals surface area contributed by atoms with Gasteiger partial charge in [0.2, 0.25) is 0 Å². The molecule has 0 aromatic heterocycles. The van der Waals surface area contributed by atoms with E-state index in [1.807, 2.05) is 0 Å². The van der Waals surface area contributed by atoms with Crippen LogP contribution in [0.25, 0.3) is 0 Å². The predicted octanol–water partition coefficient (Wildman–Crippen LogP) is 1.07. The Bertz CT molecular complexity index is 258. The average Bonchev–Trinajstić information content (AvgIpc) is 2.03. The van der Waals surface area contributed by atoms with E-state index < -0.39 is 12.7 Å². The van der Waals surface area contributed by atoms with Crippen molar-refractivity contribution in [3.63, 3.8) is 0 Å². The van der Waals surface area contributed by atoms with Crippen molar-refractivity contribution in [1.82, 2.24) is 0 Å². The van der Waals surface area contributed by atoms with Gasteiger partial charge in [-0.25, -0.2) is 4.39 Å². The van der Waals surface area contributed by atoms with Crippen molar-refractivity contribution in [1.29, 1.82) is 0 Å². The van der Waals surface area contributed by atoms with Crippen molar-refractivity contribution in [2.24, 2.45) is 5.73 Å². The zero-order valence-corrected chi connectivity index (χ0v) is 6.37. The summed E-state index contributed by atoms with van der Waals surface area (Å²) < 4.78 is 12.1. The molecule has 0 fully saturated rings. The van der Waals surface area contributed by atoms with Crippen LogP contribution in [0.2, 0.25) is 0 Å². The molecule has 1 aromatic rings. The first-order chi connectivity index (χ1) is 5.66. The minimum atomic E-state index is -0.966. The topological polar surface area (TPSA) is 66.5 Å². The van der Waals surface area contributed by atoms with Gasteiger partial charge in [-0.15, -0.1) is 0 Å². The molecule has 1 atom stereocenters. The molecule has 0 amide bonds. The van der Waals surface area contributed by atoms with Crippen LogP contribution in [-0.2, 0) is 0 Å². The van der Waals surface area contributed by atoms with Gasteiger partial charge < -0.3 is 15.9 Å². The second-order valence-electron chi connectivity index (χ2n) is 2.47. The minimum absolute atomic E-state index is 0.0556. The molecule has 0 aliphatic heterocycles. The molecule has 0 bridgehead atoms. The largest absolute Gasteiger partial charge is 0.507 e. The van der Waals surface area contributed by atoms with Crippen molar-refractivity contribution in [2.75, 3.05) is 6.67 Å². The maximum atomic E-state index is 12.1. The molecule has 4 N–H and O–H groups in total. The van der Waals surface area contributed by atoms with Gasteiger partial charge in [0.25, 0.3) is 0 Å². The fraction of sp³-hybridized carbons (Fsp3) is 0.250. The Morgan fingerprint density at radius 1 is 1.33 bits per heavy atom. The zero-order chi connectivity index (χ0) is 9.14. The highest BCUT2D eigenvalue weighted by Gasteiger charge is 2.14. The number of hydrogen-bond donors (Lipinski definition) is 3. The summed E-state index contributed by atoms with van der Waals surface area (Å²) in [5, 5.41) is 18.4. The molecule has 1 aromatic carbocycles. The van der Waals surface area contributed by atoms with Crippen molar-refractivity contribution in [3.8, 4) is 11.5 Å². The second kappa shape index (κ2) is 3.40. The normalized spacial score (nSPS) is 12.8. The van der Waals surface area contributed by atoms with E-state index in [0.29, 0.717) is 0 Å². The van der Waals surface area contributed by atoms with Crippen LogP contribution in [0.3, 0.4) is 0 Å². The summed E-state index contributed by atoms with van der Waals surface area (Å²) in [4.78, 5) is 0. The van der Waals surface area contributed by atoms with E-state index in [2.05, 4.69) is 0 Å². The number of alkyl halides is 1. The molecule has 3 nitrogen and oxygen atoms in total. The van der Waals surface area contributed by atoms with E-state index in [4.69, 9.17) is 5.73 Å². The van der Waals surface area contributed by atoms with Gasteiger partial charge in [-0.2, -0.15) is 0 Å². The first kappa shape index (κ1) is 8.80. The number of rotatable bonds is 2. The molecule has 0 radical (unpaired) electrons. The number of nitrogens with two attached hydrogens (primary N) is 1. The molecule has 0 saturated carbocycles. The standard InChI is InChI=1S/C8H10FNO2/c9-4-5(10)8-6(11)2-1-3-7(8)12/h1-3,5,11-12H,4,10H2. The van der Waals surface area contributed by atoms with E-state index in [0.717, 1.165) is 0 Å². The van der Waals surface area contributed by atoms with Crippen LogP contribution in [0.15, 0.2) is 18.2 Å². The minimum Gasteiger partial charge on any atom is -0.507 e. The van der Waals surface area contributed by atoms with Gasteiger partial charge in [0.1, 0.15) is 18.2 Å². The van der Waals surface area contributed by atoms with Crippen molar-refractivity contribution < 1.29 is 14.6 Å². The summed E-state index contributed by atoms with van der Waals surface area (Å²) in [7, 11) is 0. The summed E-state index contributed by atoms with van der Waals surface area (Å²) in [5.41, 5.74) is 5.36. The Labute approximate surface area is 69.3 Å². The lowest BCUT2D eigenvalue weighted by Gasteiger charge is -2.10. The number of halogens is 1. The van der Waals surface area contributed by atoms with Crippen LogP contribution in [0, 0.1) is 0 Å². The molecule has 1 rings (SSSR count). The third-order valence-electron chi connectivity index (χ3n) is 1.60. The van der Waals surface area contributed by atoms with Gasteiger partial charge in [-0.3, -0.25) is 0 Å². The van der Waals surface area contributed by atoms with E-state index in [1.165, 1.54) is 18.2 Å². The molecule has 0 aliphatic carbocycles. The highest BCUT2D eigenvalue weighted by Crippen LogP contribution is 2.31. The number of hydrogen-bond acceptors (Lipinski definition) is 3. The van der Waals surface area contributed by atoms with E-state index in [-0.39, 0.29) is 17.1 Å². The van der Waals surface area contributed by atoms with Gasteiger partial charge in [0.05, 0.1) is 11.6 Å². The van der Waals surface area contributed by atoms with Gasteiger partial charge in [-0.1, -0.05) is 6.07 Å². The summed E-state index contributed by atoms with van der Waals surface area (Å²) in [6.45, 7) is -0.814. The van der Waals surface area contributed by atoms with Crippen LogP contribution in [0.1, 0.15) is 11.6 Å². The summed E-state index contributed by atoms with van der Waals surface area (Å²) in [5.74, 6) is -0.361. The SMILES string of the molecule is NC(CF)c1c(O)cccc1O. The molecule has 66 valence electrons. The second-order valence-corrected chi connectivity index (χ2v) is 2.47. The fourth-order valence-electron chi connectivity index (χ4n) is 0.998. The Morgan fingerprint density at radius 2 is 1.83 bits per heavy atom. The summed E-state index contributed by atoms with van der Waals surface area (Å²) >= 11 is 0. The van der Waals surface area contributed by atoms with Crippen LogP contribution in [0.5, 0.6) is 11.5 Å². The smallest absolute Gasteiger partial charge is 0.124 e. The quantitative estimate of drug-likeness (QED) is 0.623. The zero-order valence-electron chi connectivity index (χ0n) is 6.37. The van der Waals surface area contributed by atoms with Crippen LogP contribution < -0.4 is 5.73 Å². The molecule has 12 heavy (non-hydrogen) atoms. The predicted molar refractivity (Wildman–Crippen MR) is 42.7 cm³/mol. The van der Waals surface area contributed by atoms with Gasteiger partial charge >= 0.3 is 0 Å². The third kappa shape index (κ3) is 1.48. The Balaban J connectivity index is 3.12. The number of phenols is 2. The van der Waals surface area contributed by atoms with Crippen molar-refractivity contribution in [2.45, 2.75) is 6.04 Å². The highest BCUT2D eigenvalue weighted by atomic mass is 19.1. The van der Waals surface area contributed by atoms with Crippen molar-refractivity contribution in [3.05, 3.63) is 23.8 Å². The van der Waals surface area contributed by atoms with Crippen LogP contribution in [-0.4, -0.2) is 16.9 Å². The Hall–Kier alpha value is -1.29. The maximum Gasteiger partial charge on any atom is 0.124 e. The van der Waals surface area contributed by atoms with Gasteiger partial charge in [0.15, 0.2) is 0 Å². The van der Waals surface area contributed by atoms with Crippen molar-refractivity contribution >= 4 is 0 Å². The molecule has 4 heteroatoms.